The van der Waals surface area contributed by atoms with Crippen LogP contribution in [-0.2, 0) is 16.0 Å². The summed E-state index contributed by atoms with van der Waals surface area (Å²) < 4.78 is 7.33. The molecule has 0 N–H and O–H groups in total. The number of para-hydroxylation sites is 1. The largest absolute Gasteiger partial charge is 0.497 e. The molecule has 4 aromatic rings. The summed E-state index contributed by atoms with van der Waals surface area (Å²) in [5.74, 6) is 2.55. The lowest BCUT2D eigenvalue weighted by atomic mass is 10.1. The zero-order valence-electron chi connectivity index (χ0n) is 25.3. The van der Waals surface area contributed by atoms with Crippen molar-refractivity contribution in [1.29, 1.82) is 0 Å². The summed E-state index contributed by atoms with van der Waals surface area (Å²) in [6, 6.07) is 24.1. The molecule has 1 atom stereocenters. The number of benzene rings is 3. The lowest BCUT2D eigenvalue weighted by molar-refractivity contribution is -0.142. The molecular weight excluding hydrogens is 558 g/mol. The van der Waals surface area contributed by atoms with E-state index in [9.17, 15) is 9.59 Å². The SMILES string of the molecule is COc1ccc(CC(=O)N2CCN(C(=O)CCCSc3nnc(-c4ccc(C)cc4)n3-c3ccccc3C)CC2C)cc1. The normalized spacial score (nSPS) is 15.0. The third-order valence-corrected chi connectivity index (χ3v) is 8.90. The number of piperazine rings is 1. The minimum atomic E-state index is -0.0225. The van der Waals surface area contributed by atoms with Crippen LogP contribution in [0.2, 0.25) is 0 Å². The van der Waals surface area contributed by atoms with Gasteiger partial charge in [-0.2, -0.15) is 0 Å². The Labute approximate surface area is 258 Å². The highest BCUT2D eigenvalue weighted by atomic mass is 32.2. The Morgan fingerprint density at radius 3 is 2.37 bits per heavy atom. The van der Waals surface area contributed by atoms with Gasteiger partial charge >= 0.3 is 0 Å². The van der Waals surface area contributed by atoms with E-state index in [2.05, 4.69) is 65.0 Å². The fourth-order valence-corrected chi connectivity index (χ4v) is 6.29. The molecule has 1 aliphatic rings. The second-order valence-corrected chi connectivity index (χ2v) is 12.1. The summed E-state index contributed by atoms with van der Waals surface area (Å²) >= 11 is 1.62. The minimum absolute atomic E-state index is 0.0225. The molecule has 2 amide bonds. The Kier molecular flexibility index (Phi) is 9.82. The first-order chi connectivity index (χ1) is 20.8. The van der Waals surface area contributed by atoms with Gasteiger partial charge in [-0.1, -0.05) is 71.9 Å². The molecule has 0 bridgehead atoms. The second-order valence-electron chi connectivity index (χ2n) is 11.0. The number of aryl methyl sites for hydroxylation is 2. The highest BCUT2D eigenvalue weighted by Crippen LogP contribution is 2.30. The number of thioether (sulfide) groups is 1. The van der Waals surface area contributed by atoms with Crippen LogP contribution in [0.15, 0.2) is 78.0 Å². The quantitative estimate of drug-likeness (QED) is 0.172. The number of ether oxygens (including phenoxy) is 1. The molecular formula is C34H39N5O3S. The summed E-state index contributed by atoms with van der Waals surface area (Å²) in [6.07, 6.45) is 1.54. The summed E-state index contributed by atoms with van der Waals surface area (Å²) in [4.78, 5) is 29.9. The summed E-state index contributed by atoms with van der Waals surface area (Å²) in [5, 5.41) is 9.93. The zero-order valence-corrected chi connectivity index (χ0v) is 26.1. The molecule has 1 aromatic heterocycles. The molecule has 43 heavy (non-hydrogen) atoms. The van der Waals surface area contributed by atoms with Crippen molar-refractivity contribution >= 4 is 23.6 Å². The molecule has 1 saturated heterocycles. The molecule has 0 radical (unpaired) electrons. The maximum absolute atomic E-state index is 13.1. The number of carbonyl (C=O) groups is 2. The van der Waals surface area contributed by atoms with Crippen LogP contribution in [-0.4, -0.2) is 74.9 Å². The van der Waals surface area contributed by atoms with Crippen LogP contribution in [0.3, 0.4) is 0 Å². The van der Waals surface area contributed by atoms with E-state index in [1.165, 1.54) is 5.56 Å². The van der Waals surface area contributed by atoms with Gasteiger partial charge in [0.25, 0.3) is 0 Å². The standard InChI is InChI=1S/C34H39N5O3S/c1-24-11-15-28(16-12-24)33-35-36-34(39(33)30-9-6-5-8-25(30)2)43-21-7-10-31(40)37-19-20-38(26(3)23-37)32(41)22-27-13-17-29(42-4)18-14-27/h5-6,8-9,11-18,26H,7,10,19-23H2,1-4H3. The van der Waals surface area contributed by atoms with Crippen molar-refractivity contribution < 1.29 is 14.3 Å². The van der Waals surface area contributed by atoms with Gasteiger partial charge in [-0.3, -0.25) is 14.2 Å². The number of nitrogens with zero attached hydrogens (tertiary/aromatic N) is 5. The molecule has 2 heterocycles. The predicted molar refractivity (Wildman–Crippen MR) is 171 cm³/mol. The summed E-state index contributed by atoms with van der Waals surface area (Å²) in [7, 11) is 1.63. The molecule has 224 valence electrons. The first-order valence-corrected chi connectivity index (χ1v) is 15.7. The van der Waals surface area contributed by atoms with E-state index in [-0.39, 0.29) is 17.9 Å². The Morgan fingerprint density at radius 1 is 0.930 bits per heavy atom. The number of carbonyl (C=O) groups excluding carboxylic acids is 2. The van der Waals surface area contributed by atoms with Gasteiger partial charge in [-0.25, -0.2) is 0 Å². The van der Waals surface area contributed by atoms with E-state index in [0.717, 1.165) is 51.3 Å². The van der Waals surface area contributed by atoms with Gasteiger partial charge in [0.2, 0.25) is 11.8 Å². The molecule has 1 aliphatic heterocycles. The van der Waals surface area contributed by atoms with Crippen LogP contribution >= 0.6 is 11.8 Å². The van der Waals surface area contributed by atoms with E-state index in [0.29, 0.717) is 32.5 Å². The van der Waals surface area contributed by atoms with Crippen molar-refractivity contribution in [3.05, 3.63) is 89.5 Å². The smallest absolute Gasteiger partial charge is 0.227 e. The third-order valence-electron chi connectivity index (χ3n) is 7.88. The lowest BCUT2D eigenvalue weighted by Crippen LogP contribution is -2.55. The van der Waals surface area contributed by atoms with Crippen molar-refractivity contribution in [2.75, 3.05) is 32.5 Å². The Hall–Kier alpha value is -4.11. The van der Waals surface area contributed by atoms with Gasteiger partial charge in [-0.05, 0) is 56.5 Å². The van der Waals surface area contributed by atoms with Crippen molar-refractivity contribution in [2.24, 2.45) is 0 Å². The van der Waals surface area contributed by atoms with Crippen LogP contribution in [0.25, 0.3) is 17.1 Å². The van der Waals surface area contributed by atoms with Crippen molar-refractivity contribution in [3.63, 3.8) is 0 Å². The molecule has 0 spiro atoms. The van der Waals surface area contributed by atoms with Gasteiger partial charge in [0, 0.05) is 43.4 Å². The van der Waals surface area contributed by atoms with Gasteiger partial charge < -0.3 is 14.5 Å². The van der Waals surface area contributed by atoms with Crippen LogP contribution in [0.1, 0.15) is 36.5 Å². The van der Waals surface area contributed by atoms with Gasteiger partial charge in [0.05, 0.1) is 19.2 Å². The Bertz CT molecular complexity index is 1550. The number of amides is 2. The second kappa shape index (κ2) is 13.9. The van der Waals surface area contributed by atoms with Gasteiger partial charge in [-0.15, -0.1) is 10.2 Å². The monoisotopic (exact) mass is 597 g/mol. The van der Waals surface area contributed by atoms with Crippen molar-refractivity contribution in [3.8, 4) is 22.8 Å². The topological polar surface area (TPSA) is 80.6 Å². The van der Waals surface area contributed by atoms with Gasteiger partial charge in [0.15, 0.2) is 11.0 Å². The summed E-state index contributed by atoms with van der Waals surface area (Å²) in [5.41, 5.74) is 5.36. The highest BCUT2D eigenvalue weighted by molar-refractivity contribution is 7.99. The molecule has 3 aromatic carbocycles. The number of hydrogen-bond acceptors (Lipinski definition) is 6. The molecule has 1 fully saturated rings. The molecule has 0 saturated carbocycles. The lowest BCUT2D eigenvalue weighted by Gasteiger charge is -2.40. The number of aromatic nitrogens is 3. The molecule has 1 unspecified atom stereocenters. The maximum Gasteiger partial charge on any atom is 0.227 e. The first kappa shape index (κ1) is 30.4. The minimum Gasteiger partial charge on any atom is -0.497 e. The van der Waals surface area contributed by atoms with Crippen LogP contribution in [0.5, 0.6) is 5.75 Å². The average Bonchev–Trinajstić information content (AvgIpc) is 3.43. The Morgan fingerprint density at radius 2 is 1.67 bits per heavy atom. The van der Waals surface area contributed by atoms with Crippen LogP contribution in [0, 0.1) is 13.8 Å². The zero-order chi connectivity index (χ0) is 30.3. The number of methoxy groups -OCH3 is 1. The average molecular weight is 598 g/mol. The maximum atomic E-state index is 13.1. The van der Waals surface area contributed by atoms with E-state index >= 15 is 0 Å². The van der Waals surface area contributed by atoms with E-state index in [1.54, 1.807) is 18.9 Å². The first-order valence-electron chi connectivity index (χ1n) is 14.8. The summed E-state index contributed by atoms with van der Waals surface area (Å²) in [6.45, 7) is 7.86. The van der Waals surface area contributed by atoms with E-state index in [4.69, 9.17) is 4.74 Å². The van der Waals surface area contributed by atoms with Crippen LogP contribution in [0.4, 0.5) is 0 Å². The molecule has 0 aliphatic carbocycles. The third kappa shape index (κ3) is 7.28. The predicted octanol–water partition coefficient (Wildman–Crippen LogP) is 5.73. The van der Waals surface area contributed by atoms with Crippen molar-refractivity contribution in [1.82, 2.24) is 24.6 Å². The van der Waals surface area contributed by atoms with Gasteiger partial charge in [0.1, 0.15) is 5.75 Å². The number of rotatable bonds is 10. The molecule has 9 heteroatoms. The highest BCUT2D eigenvalue weighted by Gasteiger charge is 2.29. The Balaban J connectivity index is 1.15. The van der Waals surface area contributed by atoms with Crippen LogP contribution < -0.4 is 4.74 Å². The molecule has 8 nitrogen and oxygen atoms in total. The fraction of sp³-hybridized carbons (Fsp3) is 0.353. The van der Waals surface area contributed by atoms with E-state index in [1.807, 2.05) is 53.1 Å². The fourth-order valence-electron chi connectivity index (χ4n) is 5.40. The number of hydrogen-bond donors (Lipinski definition) is 0. The molecule has 5 rings (SSSR count). The van der Waals surface area contributed by atoms with E-state index < -0.39 is 0 Å². The van der Waals surface area contributed by atoms with Crippen molar-refractivity contribution in [2.45, 2.75) is 51.2 Å².